The molecule has 1 amide bonds. The number of nitrogens with zero attached hydrogens (tertiary/aromatic N) is 3. The highest BCUT2D eigenvalue weighted by Crippen LogP contribution is 2.39. The Morgan fingerprint density at radius 2 is 2.00 bits per heavy atom. The third-order valence-corrected chi connectivity index (χ3v) is 6.87. The molecule has 2 aliphatic rings. The number of fused-ring (bicyclic) bond motifs is 2. The highest BCUT2D eigenvalue weighted by atomic mass is 16.6. The SMILES string of the molecule is Cc1cn(C(=O)O)c2ncc(-c3cc4c(c([C@@H]5CCCN5C(=O)OC(C)(C)C)c3)CCNC4)cc12. The molecular weight excluding hydrogens is 444 g/mol. The van der Waals surface area contributed by atoms with Crippen molar-refractivity contribution in [3.8, 4) is 11.1 Å². The summed E-state index contributed by atoms with van der Waals surface area (Å²) in [6.45, 7) is 9.96. The van der Waals surface area contributed by atoms with Gasteiger partial charge in [0.15, 0.2) is 0 Å². The van der Waals surface area contributed by atoms with E-state index in [-0.39, 0.29) is 12.1 Å². The third-order valence-electron chi connectivity index (χ3n) is 6.87. The fourth-order valence-corrected chi connectivity index (χ4v) is 5.32. The largest absolute Gasteiger partial charge is 0.464 e. The van der Waals surface area contributed by atoms with Crippen molar-refractivity contribution >= 4 is 23.2 Å². The lowest BCUT2D eigenvalue weighted by atomic mass is 9.87. The summed E-state index contributed by atoms with van der Waals surface area (Å²) >= 11 is 0. The van der Waals surface area contributed by atoms with Crippen LogP contribution in [0.2, 0.25) is 0 Å². The number of hydrogen-bond acceptors (Lipinski definition) is 5. The first kappa shape index (κ1) is 23.4. The number of rotatable bonds is 2. The van der Waals surface area contributed by atoms with Gasteiger partial charge in [0.05, 0.1) is 6.04 Å². The van der Waals surface area contributed by atoms with E-state index < -0.39 is 11.7 Å². The number of benzene rings is 1. The molecule has 35 heavy (non-hydrogen) atoms. The number of ether oxygens (including phenoxy) is 1. The van der Waals surface area contributed by atoms with Gasteiger partial charge in [-0.15, -0.1) is 0 Å². The molecule has 184 valence electrons. The summed E-state index contributed by atoms with van der Waals surface area (Å²) in [5, 5.41) is 13.8. The second-order valence-electron chi connectivity index (χ2n) is 10.5. The average molecular weight is 477 g/mol. The number of aryl methyl sites for hydroxylation is 1. The number of amides is 1. The number of pyridine rings is 1. The van der Waals surface area contributed by atoms with Gasteiger partial charge >= 0.3 is 12.2 Å². The van der Waals surface area contributed by atoms with Gasteiger partial charge in [-0.05, 0) is 99.5 Å². The minimum Gasteiger partial charge on any atom is -0.464 e. The summed E-state index contributed by atoms with van der Waals surface area (Å²) < 4.78 is 6.89. The van der Waals surface area contributed by atoms with Crippen molar-refractivity contribution in [3.63, 3.8) is 0 Å². The fraction of sp³-hybridized carbons (Fsp3) is 0.444. The molecule has 8 nitrogen and oxygen atoms in total. The lowest BCUT2D eigenvalue weighted by Crippen LogP contribution is -2.37. The van der Waals surface area contributed by atoms with Crippen LogP contribution in [0.3, 0.4) is 0 Å². The Morgan fingerprint density at radius 3 is 2.74 bits per heavy atom. The molecule has 4 heterocycles. The molecule has 2 N–H and O–H groups in total. The topological polar surface area (TPSA) is 96.7 Å². The van der Waals surface area contributed by atoms with Crippen LogP contribution >= 0.6 is 0 Å². The number of carboxylic acid groups (broad SMARTS) is 1. The van der Waals surface area contributed by atoms with Crippen molar-refractivity contribution in [2.45, 2.75) is 65.1 Å². The molecule has 0 saturated carbocycles. The first-order valence-electron chi connectivity index (χ1n) is 12.2. The van der Waals surface area contributed by atoms with Crippen molar-refractivity contribution in [1.82, 2.24) is 19.8 Å². The van der Waals surface area contributed by atoms with Crippen LogP contribution in [-0.2, 0) is 17.7 Å². The number of carbonyl (C=O) groups excluding carboxylic acids is 1. The maximum atomic E-state index is 13.0. The Balaban J connectivity index is 1.59. The zero-order chi connectivity index (χ0) is 24.9. The van der Waals surface area contributed by atoms with E-state index in [4.69, 9.17) is 4.74 Å². The van der Waals surface area contributed by atoms with Crippen LogP contribution in [0.15, 0.2) is 30.6 Å². The monoisotopic (exact) mass is 476 g/mol. The van der Waals surface area contributed by atoms with E-state index >= 15 is 0 Å². The molecule has 8 heteroatoms. The number of aromatic nitrogens is 2. The van der Waals surface area contributed by atoms with Crippen molar-refractivity contribution in [3.05, 3.63) is 52.8 Å². The van der Waals surface area contributed by atoms with Crippen LogP contribution in [0.5, 0.6) is 0 Å². The van der Waals surface area contributed by atoms with Crippen molar-refractivity contribution in [1.29, 1.82) is 0 Å². The zero-order valence-electron chi connectivity index (χ0n) is 20.7. The number of carbonyl (C=O) groups is 2. The molecule has 2 aliphatic heterocycles. The van der Waals surface area contributed by atoms with E-state index in [0.29, 0.717) is 12.2 Å². The summed E-state index contributed by atoms with van der Waals surface area (Å²) in [7, 11) is 0. The van der Waals surface area contributed by atoms with Crippen molar-refractivity contribution in [2.75, 3.05) is 13.1 Å². The van der Waals surface area contributed by atoms with Gasteiger partial charge in [0.25, 0.3) is 0 Å². The second-order valence-corrected chi connectivity index (χ2v) is 10.5. The molecule has 0 spiro atoms. The summed E-state index contributed by atoms with van der Waals surface area (Å²) in [6.07, 6.45) is 4.79. The molecule has 0 radical (unpaired) electrons. The quantitative estimate of drug-likeness (QED) is 0.524. The van der Waals surface area contributed by atoms with Gasteiger partial charge in [0.2, 0.25) is 0 Å². The van der Waals surface area contributed by atoms with Crippen LogP contribution in [0.4, 0.5) is 9.59 Å². The minimum absolute atomic E-state index is 0.0248. The lowest BCUT2D eigenvalue weighted by Gasteiger charge is -2.32. The molecule has 1 aromatic carbocycles. The first-order valence-corrected chi connectivity index (χ1v) is 12.2. The van der Waals surface area contributed by atoms with Gasteiger partial charge in [-0.2, -0.15) is 0 Å². The average Bonchev–Trinajstić information content (AvgIpc) is 3.42. The predicted molar refractivity (Wildman–Crippen MR) is 134 cm³/mol. The molecule has 5 rings (SSSR count). The molecule has 3 aromatic rings. The van der Waals surface area contributed by atoms with Crippen LogP contribution < -0.4 is 5.32 Å². The van der Waals surface area contributed by atoms with Gasteiger partial charge in [-0.1, -0.05) is 0 Å². The summed E-state index contributed by atoms with van der Waals surface area (Å²) in [4.78, 5) is 31.0. The number of nitrogens with one attached hydrogen (secondary N) is 1. The normalized spacial score (nSPS) is 18.1. The molecule has 0 bridgehead atoms. The van der Waals surface area contributed by atoms with Crippen LogP contribution in [0, 0.1) is 6.92 Å². The first-order chi connectivity index (χ1) is 16.6. The smallest absolute Gasteiger partial charge is 0.417 e. The van der Waals surface area contributed by atoms with E-state index in [2.05, 4.69) is 22.4 Å². The molecule has 1 fully saturated rings. The van der Waals surface area contributed by atoms with E-state index in [1.807, 2.05) is 38.7 Å². The van der Waals surface area contributed by atoms with Crippen molar-refractivity contribution < 1.29 is 19.4 Å². The van der Waals surface area contributed by atoms with Crippen molar-refractivity contribution in [2.24, 2.45) is 0 Å². The summed E-state index contributed by atoms with van der Waals surface area (Å²) in [6, 6.07) is 6.39. The van der Waals surface area contributed by atoms with Crippen LogP contribution in [0.25, 0.3) is 22.2 Å². The van der Waals surface area contributed by atoms with Gasteiger partial charge in [0, 0.05) is 36.4 Å². The lowest BCUT2D eigenvalue weighted by molar-refractivity contribution is 0.0224. The minimum atomic E-state index is -1.05. The van der Waals surface area contributed by atoms with E-state index in [9.17, 15) is 14.7 Å². The maximum absolute atomic E-state index is 13.0. The van der Waals surface area contributed by atoms with E-state index in [1.54, 1.807) is 12.4 Å². The predicted octanol–water partition coefficient (Wildman–Crippen LogP) is 5.26. The number of hydrogen-bond donors (Lipinski definition) is 2. The zero-order valence-corrected chi connectivity index (χ0v) is 20.7. The highest BCUT2D eigenvalue weighted by Gasteiger charge is 2.35. The van der Waals surface area contributed by atoms with Gasteiger partial charge in [-0.3, -0.25) is 0 Å². The maximum Gasteiger partial charge on any atom is 0.417 e. The number of likely N-dealkylation sites (tertiary alicyclic amines) is 1. The van der Waals surface area contributed by atoms with Gasteiger partial charge < -0.3 is 20.1 Å². The second kappa shape index (κ2) is 8.68. The summed E-state index contributed by atoms with van der Waals surface area (Å²) in [5.74, 6) is 0. The molecule has 0 aliphatic carbocycles. The molecular formula is C27H32N4O4. The standard InChI is InChI=1S/C27H32N4O4/c1-16-15-31(25(32)33)24-21(16)12-18(14-29-24)17-10-19-13-28-8-7-20(19)22(11-17)23-6-5-9-30(23)26(34)35-27(2,3)4/h10-12,14-15,23,28H,5-9,13H2,1-4H3,(H,32,33)/t23-/m0/s1. The Kier molecular flexibility index (Phi) is 5.79. The molecule has 2 aromatic heterocycles. The Morgan fingerprint density at radius 1 is 1.20 bits per heavy atom. The summed E-state index contributed by atoms with van der Waals surface area (Å²) in [5.41, 5.74) is 6.45. The van der Waals surface area contributed by atoms with Crippen LogP contribution in [-0.4, -0.2) is 50.4 Å². The molecule has 1 atom stereocenters. The van der Waals surface area contributed by atoms with Crippen LogP contribution in [0.1, 0.15) is 61.9 Å². The Hall–Kier alpha value is -3.39. The molecule has 1 saturated heterocycles. The fourth-order valence-electron chi connectivity index (χ4n) is 5.32. The van der Waals surface area contributed by atoms with Gasteiger partial charge in [-0.25, -0.2) is 19.1 Å². The highest BCUT2D eigenvalue weighted by molar-refractivity contribution is 5.91. The van der Waals surface area contributed by atoms with Gasteiger partial charge in [0.1, 0.15) is 11.2 Å². The Bertz CT molecular complexity index is 1320. The molecule has 0 unspecified atom stereocenters. The third kappa shape index (κ3) is 4.38. The Labute approximate surface area is 204 Å². The van der Waals surface area contributed by atoms with E-state index in [0.717, 1.165) is 59.0 Å². The van der Waals surface area contributed by atoms with E-state index in [1.165, 1.54) is 16.7 Å².